The van der Waals surface area contributed by atoms with Crippen LogP contribution in [0.5, 0.6) is 0 Å². The fourth-order valence-electron chi connectivity index (χ4n) is 3.75. The number of imidazole rings is 1. The normalized spacial score (nSPS) is 18.3. The van der Waals surface area contributed by atoms with E-state index in [4.69, 9.17) is 4.74 Å². The number of rotatable bonds is 7. The number of benzene rings is 1. The van der Waals surface area contributed by atoms with Gasteiger partial charge in [0, 0.05) is 51.2 Å². The van der Waals surface area contributed by atoms with Crippen molar-refractivity contribution in [1.82, 2.24) is 22.6 Å². The number of nitrogens with zero attached hydrogens (tertiary/aromatic N) is 5. The highest BCUT2D eigenvalue weighted by molar-refractivity contribution is 7.89. The quantitative estimate of drug-likeness (QED) is 0.544. The summed E-state index contributed by atoms with van der Waals surface area (Å²) in [6.45, 7) is 4.45. The van der Waals surface area contributed by atoms with Crippen molar-refractivity contribution in [3.8, 4) is 0 Å². The molecular weight excluding hydrogens is 398 g/mol. The molecule has 1 aliphatic heterocycles. The van der Waals surface area contributed by atoms with Crippen molar-refractivity contribution in [3.05, 3.63) is 35.9 Å². The van der Waals surface area contributed by atoms with Crippen molar-refractivity contribution in [1.29, 1.82) is 0 Å². The number of aromatic nitrogens is 4. The molecule has 3 aromatic rings. The molecule has 0 aliphatic carbocycles. The minimum atomic E-state index is -3.62. The molecule has 0 N–H and O–H groups in total. The molecule has 0 saturated carbocycles. The van der Waals surface area contributed by atoms with Gasteiger partial charge in [0.25, 0.3) is 0 Å². The van der Waals surface area contributed by atoms with E-state index in [0.717, 1.165) is 42.6 Å². The second-order valence-electron chi connectivity index (χ2n) is 6.99. The molecule has 0 radical (unpaired) electrons. The van der Waals surface area contributed by atoms with E-state index in [0.29, 0.717) is 30.7 Å². The van der Waals surface area contributed by atoms with Gasteiger partial charge >= 0.3 is 0 Å². The van der Waals surface area contributed by atoms with Crippen LogP contribution in [-0.2, 0) is 21.3 Å². The molecule has 1 atom stereocenters. The summed E-state index contributed by atoms with van der Waals surface area (Å²) in [6.07, 6.45) is 3.51. The Bertz CT molecular complexity index is 1080. The van der Waals surface area contributed by atoms with Gasteiger partial charge in [0.05, 0.1) is 11.7 Å². The molecule has 150 valence electrons. The van der Waals surface area contributed by atoms with E-state index in [-0.39, 0.29) is 10.8 Å². The Morgan fingerprint density at radius 1 is 1.32 bits per heavy atom. The zero-order valence-corrected chi connectivity index (χ0v) is 17.5. The Hall–Kier alpha value is -1.88. The molecule has 0 bridgehead atoms. The van der Waals surface area contributed by atoms with Crippen LogP contribution in [0, 0.1) is 6.92 Å². The van der Waals surface area contributed by atoms with Crippen LogP contribution in [0.4, 0.5) is 0 Å². The fourth-order valence-corrected chi connectivity index (χ4v) is 6.00. The summed E-state index contributed by atoms with van der Waals surface area (Å²) in [5, 5.41) is 0. The number of sulfonamides is 1. The van der Waals surface area contributed by atoms with E-state index in [1.54, 1.807) is 29.6 Å². The van der Waals surface area contributed by atoms with Crippen LogP contribution >= 0.6 is 11.7 Å². The predicted octanol–water partition coefficient (Wildman–Crippen LogP) is 2.41. The first-order valence-electron chi connectivity index (χ1n) is 9.24. The lowest BCUT2D eigenvalue weighted by molar-refractivity contribution is 0.189. The number of ether oxygens (including phenoxy) is 1. The van der Waals surface area contributed by atoms with Gasteiger partial charge in [0.1, 0.15) is 21.8 Å². The zero-order valence-electron chi connectivity index (χ0n) is 15.9. The van der Waals surface area contributed by atoms with Crippen LogP contribution in [0.3, 0.4) is 0 Å². The summed E-state index contributed by atoms with van der Waals surface area (Å²) in [5.74, 6) is 1.04. The summed E-state index contributed by atoms with van der Waals surface area (Å²) < 4.78 is 43.7. The average Bonchev–Trinajstić information content (AvgIpc) is 3.41. The Morgan fingerprint density at radius 2 is 2.18 bits per heavy atom. The zero-order chi connectivity index (χ0) is 19.7. The summed E-state index contributed by atoms with van der Waals surface area (Å²) in [5.41, 5.74) is 2.16. The molecule has 1 aromatic carbocycles. The Morgan fingerprint density at radius 3 is 3.00 bits per heavy atom. The second-order valence-corrected chi connectivity index (χ2v) is 9.43. The summed E-state index contributed by atoms with van der Waals surface area (Å²) >= 11 is 1.03. The van der Waals surface area contributed by atoms with E-state index < -0.39 is 10.0 Å². The lowest BCUT2D eigenvalue weighted by atomic mass is 10.1. The summed E-state index contributed by atoms with van der Waals surface area (Å²) in [6, 6.07) is 5.11. The van der Waals surface area contributed by atoms with E-state index in [9.17, 15) is 8.42 Å². The maximum absolute atomic E-state index is 13.2. The number of fused-ring (bicyclic) bond motifs is 1. The van der Waals surface area contributed by atoms with E-state index in [1.807, 2.05) is 13.1 Å². The second kappa shape index (κ2) is 7.86. The van der Waals surface area contributed by atoms with Crippen molar-refractivity contribution in [2.24, 2.45) is 0 Å². The highest BCUT2D eigenvalue weighted by Gasteiger charge is 2.36. The minimum absolute atomic E-state index is 0.0822. The van der Waals surface area contributed by atoms with Gasteiger partial charge in [-0.15, -0.1) is 0 Å². The predicted molar refractivity (Wildman–Crippen MR) is 107 cm³/mol. The first-order chi connectivity index (χ1) is 13.5. The van der Waals surface area contributed by atoms with Crippen LogP contribution in [0.1, 0.15) is 30.3 Å². The van der Waals surface area contributed by atoms with Gasteiger partial charge in [-0.25, -0.2) is 13.4 Å². The maximum Gasteiger partial charge on any atom is 0.245 e. The van der Waals surface area contributed by atoms with Gasteiger partial charge in [-0.3, -0.25) is 0 Å². The Balaban J connectivity index is 1.57. The molecule has 1 saturated heterocycles. The van der Waals surface area contributed by atoms with E-state index >= 15 is 0 Å². The molecule has 2 aromatic heterocycles. The standard InChI is InChI=1S/C18H23N5O3S2/c1-13-11-19-18(23(13)8-4-10-26-2)14-7-9-22(12-14)28(24,25)16-6-3-5-15-17(16)21-27-20-15/h3,5-6,11,14H,4,7-10,12H2,1-2H3. The highest BCUT2D eigenvalue weighted by atomic mass is 32.2. The number of aryl methyl sites for hydroxylation is 1. The summed E-state index contributed by atoms with van der Waals surface area (Å²) in [7, 11) is -1.93. The largest absolute Gasteiger partial charge is 0.385 e. The van der Waals surface area contributed by atoms with Crippen molar-refractivity contribution >= 4 is 32.8 Å². The molecular formula is C18H23N5O3S2. The minimum Gasteiger partial charge on any atom is -0.385 e. The molecule has 1 aliphatic rings. The van der Waals surface area contributed by atoms with Gasteiger partial charge in [0.15, 0.2) is 0 Å². The highest BCUT2D eigenvalue weighted by Crippen LogP contribution is 2.33. The Kier molecular flexibility index (Phi) is 5.46. The molecule has 28 heavy (non-hydrogen) atoms. The maximum atomic E-state index is 13.2. The van der Waals surface area contributed by atoms with E-state index in [2.05, 4.69) is 18.3 Å². The summed E-state index contributed by atoms with van der Waals surface area (Å²) in [4.78, 5) is 4.82. The van der Waals surface area contributed by atoms with Crippen LogP contribution in [0.2, 0.25) is 0 Å². The molecule has 8 nitrogen and oxygen atoms in total. The third kappa shape index (κ3) is 3.45. The van der Waals surface area contributed by atoms with Gasteiger partial charge in [-0.2, -0.15) is 13.1 Å². The first-order valence-corrected chi connectivity index (χ1v) is 11.4. The first kappa shape index (κ1) is 19.4. The fraction of sp³-hybridized carbons (Fsp3) is 0.500. The van der Waals surface area contributed by atoms with Crippen molar-refractivity contribution < 1.29 is 13.2 Å². The molecule has 1 fully saturated rings. The van der Waals surface area contributed by atoms with E-state index in [1.165, 1.54) is 0 Å². The van der Waals surface area contributed by atoms with Crippen molar-refractivity contribution in [2.45, 2.75) is 37.1 Å². The molecule has 4 rings (SSSR count). The third-order valence-corrected chi connectivity index (χ3v) is 7.64. The topological polar surface area (TPSA) is 90.2 Å². The average molecular weight is 422 g/mol. The molecule has 0 amide bonds. The third-order valence-electron chi connectivity index (χ3n) is 5.20. The van der Waals surface area contributed by atoms with Gasteiger partial charge in [-0.05, 0) is 31.9 Å². The van der Waals surface area contributed by atoms with Gasteiger partial charge in [0.2, 0.25) is 10.0 Å². The van der Waals surface area contributed by atoms with Gasteiger partial charge in [-0.1, -0.05) is 6.07 Å². The Labute approximate surface area is 168 Å². The van der Waals surface area contributed by atoms with Crippen LogP contribution in [0.25, 0.3) is 11.0 Å². The molecule has 10 heteroatoms. The number of hydrogen-bond donors (Lipinski definition) is 0. The van der Waals surface area contributed by atoms with Gasteiger partial charge < -0.3 is 9.30 Å². The van der Waals surface area contributed by atoms with Crippen LogP contribution in [0.15, 0.2) is 29.3 Å². The molecule has 3 heterocycles. The lowest BCUT2D eigenvalue weighted by Gasteiger charge is -2.18. The number of methoxy groups -OCH3 is 1. The van der Waals surface area contributed by atoms with Crippen LogP contribution in [-0.4, -0.2) is 57.8 Å². The lowest BCUT2D eigenvalue weighted by Crippen LogP contribution is -2.29. The molecule has 1 unspecified atom stereocenters. The monoisotopic (exact) mass is 421 g/mol. The smallest absolute Gasteiger partial charge is 0.245 e. The molecule has 0 spiro atoms. The number of hydrogen-bond acceptors (Lipinski definition) is 7. The van der Waals surface area contributed by atoms with Crippen LogP contribution < -0.4 is 0 Å². The van der Waals surface area contributed by atoms with Crippen molar-refractivity contribution in [2.75, 3.05) is 26.8 Å². The SMILES string of the molecule is COCCCn1c(C)cnc1C1CCN(S(=O)(=O)c2cccc3nsnc23)C1. The van der Waals surface area contributed by atoms with Crippen molar-refractivity contribution in [3.63, 3.8) is 0 Å².